The summed E-state index contributed by atoms with van der Waals surface area (Å²) in [5, 5.41) is 3.51. The van der Waals surface area contributed by atoms with E-state index in [1.165, 1.54) is 15.7 Å². The number of anilines is 1. The largest absolute Gasteiger partial charge is 0.383 e. The van der Waals surface area contributed by atoms with Crippen molar-refractivity contribution in [2.45, 2.75) is 26.7 Å². The molecule has 0 amide bonds. The van der Waals surface area contributed by atoms with Crippen LogP contribution in [0.15, 0.2) is 22.7 Å². The summed E-state index contributed by atoms with van der Waals surface area (Å²) in [6.07, 6.45) is 0. The Kier molecular flexibility index (Phi) is 3.06. The molecule has 1 aliphatic heterocycles. The third-order valence-electron chi connectivity index (χ3n) is 3.63. The normalized spacial score (nSPS) is 21.3. The molecule has 2 heteroatoms. The van der Waals surface area contributed by atoms with Gasteiger partial charge in [0, 0.05) is 16.9 Å². The minimum absolute atomic E-state index is 0.664. The van der Waals surface area contributed by atoms with Crippen LogP contribution in [0, 0.1) is 11.8 Å². The molecule has 2 unspecified atom stereocenters. The average Bonchev–Trinajstić information content (AvgIpc) is 2.61. The predicted molar refractivity (Wildman–Crippen MR) is 69.4 cm³/mol. The van der Waals surface area contributed by atoms with E-state index in [9.17, 15) is 0 Å². The van der Waals surface area contributed by atoms with E-state index in [1.807, 2.05) is 0 Å². The van der Waals surface area contributed by atoms with E-state index in [-0.39, 0.29) is 0 Å². The molecular formula is C13H18BrN. The molecule has 1 heterocycles. The van der Waals surface area contributed by atoms with Gasteiger partial charge in [0.1, 0.15) is 0 Å². The van der Waals surface area contributed by atoms with E-state index in [2.05, 4.69) is 60.2 Å². The van der Waals surface area contributed by atoms with E-state index in [1.54, 1.807) is 0 Å². The third kappa shape index (κ3) is 1.92. The van der Waals surface area contributed by atoms with Crippen molar-refractivity contribution in [1.82, 2.24) is 0 Å². The lowest BCUT2D eigenvalue weighted by atomic mass is 9.82. The van der Waals surface area contributed by atoms with Crippen molar-refractivity contribution in [3.05, 3.63) is 28.2 Å². The van der Waals surface area contributed by atoms with Gasteiger partial charge in [-0.05, 0) is 39.4 Å². The van der Waals surface area contributed by atoms with Gasteiger partial charge in [-0.1, -0.05) is 32.9 Å². The van der Waals surface area contributed by atoms with Gasteiger partial charge in [0.05, 0.1) is 5.69 Å². The molecule has 0 saturated heterocycles. The van der Waals surface area contributed by atoms with Crippen LogP contribution in [0.25, 0.3) is 0 Å². The molecule has 0 aromatic heterocycles. The van der Waals surface area contributed by atoms with Crippen molar-refractivity contribution >= 4 is 21.6 Å². The SMILES string of the molecule is CC(C)C(C)C1CNc2c(Br)cccc21. The van der Waals surface area contributed by atoms with Gasteiger partial charge in [0.2, 0.25) is 0 Å². The molecule has 82 valence electrons. The van der Waals surface area contributed by atoms with E-state index in [0.717, 1.165) is 18.4 Å². The van der Waals surface area contributed by atoms with E-state index >= 15 is 0 Å². The Morgan fingerprint density at radius 1 is 1.33 bits per heavy atom. The number of nitrogens with one attached hydrogen (secondary N) is 1. The van der Waals surface area contributed by atoms with Crippen LogP contribution in [0.5, 0.6) is 0 Å². The van der Waals surface area contributed by atoms with Crippen LogP contribution >= 0.6 is 15.9 Å². The second kappa shape index (κ2) is 4.17. The first kappa shape index (κ1) is 11.0. The highest BCUT2D eigenvalue weighted by molar-refractivity contribution is 9.10. The van der Waals surface area contributed by atoms with Crippen molar-refractivity contribution in [2.75, 3.05) is 11.9 Å². The summed E-state index contributed by atoms with van der Waals surface area (Å²) in [5.74, 6) is 2.13. The summed E-state index contributed by atoms with van der Waals surface area (Å²) in [4.78, 5) is 0. The van der Waals surface area contributed by atoms with Crippen molar-refractivity contribution in [2.24, 2.45) is 11.8 Å². The highest BCUT2D eigenvalue weighted by Gasteiger charge is 2.29. The van der Waals surface area contributed by atoms with Gasteiger partial charge in [-0.2, -0.15) is 0 Å². The lowest BCUT2D eigenvalue weighted by Gasteiger charge is -2.22. The van der Waals surface area contributed by atoms with Crippen molar-refractivity contribution in [3.63, 3.8) is 0 Å². The number of fused-ring (bicyclic) bond motifs is 1. The smallest absolute Gasteiger partial charge is 0.0521 e. The van der Waals surface area contributed by atoms with E-state index in [0.29, 0.717) is 5.92 Å². The molecule has 1 nitrogen and oxygen atoms in total. The van der Waals surface area contributed by atoms with E-state index in [4.69, 9.17) is 0 Å². The fourth-order valence-corrected chi connectivity index (χ4v) is 2.81. The fourth-order valence-electron chi connectivity index (χ4n) is 2.29. The van der Waals surface area contributed by atoms with Crippen LogP contribution in [0.3, 0.4) is 0 Å². The molecule has 0 spiro atoms. The van der Waals surface area contributed by atoms with Crippen molar-refractivity contribution in [1.29, 1.82) is 0 Å². The molecule has 0 fully saturated rings. The second-order valence-electron chi connectivity index (χ2n) is 4.79. The molecule has 1 N–H and O–H groups in total. The summed E-state index contributed by atoms with van der Waals surface area (Å²) < 4.78 is 1.19. The topological polar surface area (TPSA) is 12.0 Å². The van der Waals surface area contributed by atoms with Gasteiger partial charge >= 0.3 is 0 Å². The van der Waals surface area contributed by atoms with Gasteiger partial charge in [0.25, 0.3) is 0 Å². The maximum Gasteiger partial charge on any atom is 0.0521 e. The van der Waals surface area contributed by atoms with Crippen molar-refractivity contribution in [3.8, 4) is 0 Å². The molecule has 0 saturated carbocycles. The molecule has 1 aromatic rings. The first-order chi connectivity index (χ1) is 7.11. The number of halogens is 1. The highest BCUT2D eigenvalue weighted by atomic mass is 79.9. The third-order valence-corrected chi connectivity index (χ3v) is 4.29. The molecule has 15 heavy (non-hydrogen) atoms. The Balaban J connectivity index is 2.33. The Hall–Kier alpha value is -0.500. The van der Waals surface area contributed by atoms with Gasteiger partial charge in [-0.15, -0.1) is 0 Å². The highest BCUT2D eigenvalue weighted by Crippen LogP contribution is 2.42. The quantitative estimate of drug-likeness (QED) is 0.845. The summed E-state index contributed by atoms with van der Waals surface area (Å²) in [7, 11) is 0. The molecular weight excluding hydrogens is 250 g/mol. The lowest BCUT2D eigenvalue weighted by Crippen LogP contribution is -2.16. The van der Waals surface area contributed by atoms with Crippen LogP contribution in [0.1, 0.15) is 32.3 Å². The molecule has 1 aromatic carbocycles. The summed E-state index contributed by atoms with van der Waals surface area (Å²) >= 11 is 3.60. The molecule has 2 rings (SSSR count). The minimum atomic E-state index is 0.664. The van der Waals surface area contributed by atoms with Crippen LogP contribution < -0.4 is 5.32 Å². The zero-order valence-corrected chi connectivity index (χ0v) is 11.1. The molecule has 0 bridgehead atoms. The standard InChI is InChI=1S/C13H18BrN/c1-8(2)9(3)11-7-15-13-10(11)5-4-6-12(13)14/h4-6,8-9,11,15H,7H2,1-3H3. The van der Waals surface area contributed by atoms with Gasteiger partial charge in [0.15, 0.2) is 0 Å². The maximum atomic E-state index is 3.60. The van der Waals surface area contributed by atoms with E-state index < -0.39 is 0 Å². The van der Waals surface area contributed by atoms with Crippen LogP contribution in [-0.2, 0) is 0 Å². The van der Waals surface area contributed by atoms with Gasteiger partial charge in [-0.3, -0.25) is 0 Å². The molecule has 0 radical (unpaired) electrons. The van der Waals surface area contributed by atoms with Gasteiger partial charge in [-0.25, -0.2) is 0 Å². The molecule has 0 aliphatic carbocycles. The first-order valence-corrected chi connectivity index (χ1v) is 6.43. The van der Waals surface area contributed by atoms with Crippen molar-refractivity contribution < 1.29 is 0 Å². The lowest BCUT2D eigenvalue weighted by molar-refractivity contribution is 0.362. The Bertz CT molecular complexity index is 360. The van der Waals surface area contributed by atoms with Gasteiger partial charge < -0.3 is 5.32 Å². The number of hydrogen-bond donors (Lipinski definition) is 1. The summed E-state index contributed by atoms with van der Waals surface area (Å²) in [6, 6.07) is 6.49. The minimum Gasteiger partial charge on any atom is -0.383 e. The van der Waals surface area contributed by atoms with Crippen LogP contribution in [-0.4, -0.2) is 6.54 Å². The zero-order valence-electron chi connectivity index (χ0n) is 9.55. The predicted octanol–water partition coefficient (Wildman–Crippen LogP) is 4.25. The zero-order chi connectivity index (χ0) is 11.0. The molecule has 1 aliphatic rings. The Morgan fingerprint density at radius 3 is 2.73 bits per heavy atom. The number of benzene rings is 1. The number of hydrogen-bond acceptors (Lipinski definition) is 1. The number of para-hydroxylation sites is 1. The Labute approximate surface area is 100 Å². The Morgan fingerprint density at radius 2 is 2.07 bits per heavy atom. The average molecular weight is 268 g/mol. The summed E-state index contributed by atoms with van der Waals surface area (Å²) in [6.45, 7) is 8.05. The van der Waals surface area contributed by atoms with Crippen LogP contribution in [0.4, 0.5) is 5.69 Å². The monoisotopic (exact) mass is 267 g/mol. The van der Waals surface area contributed by atoms with Crippen LogP contribution in [0.2, 0.25) is 0 Å². The fraction of sp³-hybridized carbons (Fsp3) is 0.538. The first-order valence-electron chi connectivity index (χ1n) is 5.63. The molecule has 2 atom stereocenters. The number of rotatable bonds is 2. The summed E-state index contributed by atoms with van der Waals surface area (Å²) in [5.41, 5.74) is 2.78. The second-order valence-corrected chi connectivity index (χ2v) is 5.65. The maximum absolute atomic E-state index is 3.60.